The molecule has 0 fully saturated rings. The van der Waals surface area contributed by atoms with Crippen molar-refractivity contribution in [3.63, 3.8) is 0 Å². The first-order chi connectivity index (χ1) is 12.4. The second-order valence-corrected chi connectivity index (χ2v) is 6.08. The lowest BCUT2D eigenvalue weighted by Crippen LogP contribution is -2.28. The number of ether oxygens (including phenoxy) is 2. The molecule has 0 bridgehead atoms. The molecular weight excluding hydrogens is 360 g/mol. The number of fused-ring (bicyclic) bond motifs is 1. The molecule has 0 saturated heterocycles. The van der Waals surface area contributed by atoms with Gasteiger partial charge in [0.2, 0.25) is 16.9 Å². The molecule has 0 aliphatic heterocycles. The molecule has 0 saturated carbocycles. The molecule has 1 atom stereocenters. The van der Waals surface area contributed by atoms with Crippen LogP contribution in [0.2, 0.25) is 5.02 Å². The minimum atomic E-state index is -0.995. The monoisotopic (exact) mass is 376 g/mol. The number of carbonyl (C=O) groups is 1. The Balaban J connectivity index is 2.20. The summed E-state index contributed by atoms with van der Waals surface area (Å²) >= 11 is 6.13. The largest absolute Gasteiger partial charge is 0.471 e. The SMILES string of the molecule is CCOC(=O)[C@@H](C)Oc1c(-c2ccco2)oc2cc(C)c(Cl)cc2c1=O. The first-order valence-corrected chi connectivity index (χ1v) is 8.44. The van der Waals surface area contributed by atoms with E-state index in [-0.39, 0.29) is 23.5 Å². The number of carbonyl (C=O) groups excluding carboxylic acids is 1. The van der Waals surface area contributed by atoms with Crippen LogP contribution in [0.25, 0.3) is 22.5 Å². The van der Waals surface area contributed by atoms with Gasteiger partial charge in [-0.3, -0.25) is 4.79 Å². The summed E-state index contributed by atoms with van der Waals surface area (Å²) in [6, 6.07) is 6.48. The Morgan fingerprint density at radius 2 is 2.12 bits per heavy atom. The molecule has 7 heteroatoms. The van der Waals surface area contributed by atoms with Gasteiger partial charge in [-0.2, -0.15) is 0 Å². The molecule has 0 aliphatic rings. The highest BCUT2D eigenvalue weighted by Gasteiger charge is 2.25. The fraction of sp³-hybridized carbons (Fsp3) is 0.263. The van der Waals surface area contributed by atoms with Gasteiger partial charge in [-0.05, 0) is 50.6 Å². The van der Waals surface area contributed by atoms with Crippen molar-refractivity contribution >= 4 is 28.5 Å². The van der Waals surface area contributed by atoms with Crippen molar-refractivity contribution in [2.75, 3.05) is 6.61 Å². The van der Waals surface area contributed by atoms with E-state index in [1.165, 1.54) is 19.3 Å². The van der Waals surface area contributed by atoms with Gasteiger partial charge < -0.3 is 18.3 Å². The van der Waals surface area contributed by atoms with Gasteiger partial charge in [-0.25, -0.2) is 4.79 Å². The molecule has 26 heavy (non-hydrogen) atoms. The average Bonchev–Trinajstić information content (AvgIpc) is 3.13. The van der Waals surface area contributed by atoms with E-state index in [4.69, 9.17) is 29.9 Å². The predicted molar refractivity (Wildman–Crippen MR) is 96.7 cm³/mol. The number of hydrogen-bond donors (Lipinski definition) is 0. The van der Waals surface area contributed by atoms with E-state index >= 15 is 0 Å². The van der Waals surface area contributed by atoms with E-state index in [0.29, 0.717) is 16.4 Å². The number of rotatable bonds is 5. The number of aryl methyl sites for hydroxylation is 1. The third kappa shape index (κ3) is 3.32. The van der Waals surface area contributed by atoms with Crippen molar-refractivity contribution in [2.24, 2.45) is 0 Å². The fourth-order valence-electron chi connectivity index (χ4n) is 2.46. The molecular formula is C19H17ClO6. The molecule has 3 aromatic rings. The highest BCUT2D eigenvalue weighted by molar-refractivity contribution is 6.32. The van der Waals surface area contributed by atoms with Crippen LogP contribution in [0.3, 0.4) is 0 Å². The third-order valence-corrected chi connectivity index (χ3v) is 4.20. The van der Waals surface area contributed by atoms with Crippen LogP contribution in [0.15, 0.2) is 44.2 Å². The van der Waals surface area contributed by atoms with Crippen LogP contribution in [-0.2, 0) is 9.53 Å². The lowest BCUT2D eigenvalue weighted by molar-refractivity contribution is -0.150. The van der Waals surface area contributed by atoms with Gasteiger partial charge in [0.05, 0.1) is 18.3 Å². The zero-order valence-corrected chi connectivity index (χ0v) is 15.3. The van der Waals surface area contributed by atoms with Crippen LogP contribution < -0.4 is 10.2 Å². The lowest BCUT2D eigenvalue weighted by Gasteiger charge is -2.15. The number of furan rings is 1. The van der Waals surface area contributed by atoms with Gasteiger partial charge >= 0.3 is 5.97 Å². The van der Waals surface area contributed by atoms with E-state index in [1.807, 2.05) is 6.92 Å². The van der Waals surface area contributed by atoms with Crippen LogP contribution in [0.1, 0.15) is 19.4 Å². The Morgan fingerprint density at radius 3 is 2.77 bits per heavy atom. The average molecular weight is 377 g/mol. The number of benzene rings is 1. The second-order valence-electron chi connectivity index (χ2n) is 5.68. The van der Waals surface area contributed by atoms with Crippen molar-refractivity contribution in [3.8, 4) is 17.3 Å². The highest BCUT2D eigenvalue weighted by atomic mass is 35.5. The van der Waals surface area contributed by atoms with Crippen LogP contribution >= 0.6 is 11.6 Å². The zero-order chi connectivity index (χ0) is 18.8. The summed E-state index contributed by atoms with van der Waals surface area (Å²) in [5.74, 6) is -0.305. The summed E-state index contributed by atoms with van der Waals surface area (Å²) in [5, 5.41) is 0.682. The van der Waals surface area contributed by atoms with Crippen molar-refractivity contribution in [3.05, 3.63) is 51.3 Å². The van der Waals surface area contributed by atoms with Gasteiger partial charge in [0.1, 0.15) is 5.58 Å². The Morgan fingerprint density at radius 1 is 1.35 bits per heavy atom. The van der Waals surface area contributed by atoms with E-state index in [2.05, 4.69) is 0 Å². The molecule has 1 aromatic carbocycles. The van der Waals surface area contributed by atoms with Crippen LogP contribution in [0, 0.1) is 6.92 Å². The molecule has 2 aromatic heterocycles. The first kappa shape index (κ1) is 18.1. The van der Waals surface area contributed by atoms with Gasteiger partial charge in [-0.15, -0.1) is 0 Å². The van der Waals surface area contributed by atoms with E-state index in [9.17, 15) is 9.59 Å². The topological polar surface area (TPSA) is 78.9 Å². The summed E-state index contributed by atoms with van der Waals surface area (Å²) in [7, 11) is 0. The second kappa shape index (κ2) is 7.25. The van der Waals surface area contributed by atoms with Crippen molar-refractivity contribution in [2.45, 2.75) is 26.9 Å². The standard InChI is InChI=1S/C19H17ClO6/c1-4-23-19(22)11(3)25-18-16(21)12-9-13(20)10(2)8-15(12)26-17(18)14-6-5-7-24-14/h5-9,11H,4H2,1-3H3/t11-/m1/s1. The summed E-state index contributed by atoms with van der Waals surface area (Å²) in [4.78, 5) is 24.9. The molecule has 0 N–H and O–H groups in total. The summed E-state index contributed by atoms with van der Waals surface area (Å²) in [5.41, 5.74) is 0.663. The van der Waals surface area contributed by atoms with Crippen molar-refractivity contribution in [1.29, 1.82) is 0 Å². The lowest BCUT2D eigenvalue weighted by atomic mass is 10.1. The maximum Gasteiger partial charge on any atom is 0.347 e. The first-order valence-electron chi connectivity index (χ1n) is 8.06. The van der Waals surface area contributed by atoms with Crippen molar-refractivity contribution in [1.82, 2.24) is 0 Å². The van der Waals surface area contributed by atoms with Gasteiger partial charge in [0.15, 0.2) is 11.9 Å². The summed E-state index contributed by atoms with van der Waals surface area (Å²) in [6.45, 7) is 5.20. The molecule has 3 rings (SSSR count). The molecule has 0 radical (unpaired) electrons. The van der Waals surface area contributed by atoms with Gasteiger partial charge in [0.25, 0.3) is 0 Å². The Kier molecular flexibility index (Phi) is 5.04. The predicted octanol–water partition coefficient (Wildman–Crippen LogP) is 4.35. The summed E-state index contributed by atoms with van der Waals surface area (Å²) in [6.07, 6.45) is 0.454. The molecule has 0 unspecified atom stereocenters. The smallest absolute Gasteiger partial charge is 0.347 e. The maximum atomic E-state index is 13.0. The van der Waals surface area contributed by atoms with Gasteiger partial charge in [0, 0.05) is 5.02 Å². The quantitative estimate of drug-likeness (QED) is 0.616. The Bertz CT molecular complexity index is 1000. The minimum absolute atomic E-state index is 0.102. The fourth-order valence-corrected chi connectivity index (χ4v) is 2.62. The molecule has 6 nitrogen and oxygen atoms in total. The molecule has 0 spiro atoms. The third-order valence-electron chi connectivity index (χ3n) is 3.79. The molecule has 0 aliphatic carbocycles. The Hall–Kier alpha value is -2.73. The number of halogens is 1. The molecule has 0 amide bonds. The molecule has 2 heterocycles. The number of esters is 1. The maximum absolute atomic E-state index is 13.0. The van der Waals surface area contributed by atoms with Crippen LogP contribution in [0.4, 0.5) is 0 Å². The molecule has 136 valence electrons. The van der Waals surface area contributed by atoms with E-state index in [1.54, 1.807) is 25.1 Å². The van der Waals surface area contributed by atoms with E-state index in [0.717, 1.165) is 5.56 Å². The number of hydrogen-bond acceptors (Lipinski definition) is 6. The Labute approximate surface area is 154 Å². The van der Waals surface area contributed by atoms with Gasteiger partial charge in [-0.1, -0.05) is 11.6 Å². The van der Waals surface area contributed by atoms with Crippen LogP contribution in [0.5, 0.6) is 5.75 Å². The van der Waals surface area contributed by atoms with Crippen molar-refractivity contribution < 1.29 is 23.1 Å². The zero-order valence-electron chi connectivity index (χ0n) is 14.5. The highest BCUT2D eigenvalue weighted by Crippen LogP contribution is 2.33. The minimum Gasteiger partial charge on any atom is -0.471 e. The van der Waals surface area contributed by atoms with E-state index < -0.39 is 17.5 Å². The summed E-state index contributed by atoms with van der Waals surface area (Å²) < 4.78 is 21.8. The van der Waals surface area contributed by atoms with Crippen LogP contribution in [-0.4, -0.2) is 18.7 Å². The normalized spacial score (nSPS) is 12.2.